The second-order valence-electron chi connectivity index (χ2n) is 10.7. The summed E-state index contributed by atoms with van der Waals surface area (Å²) >= 11 is 0. The van der Waals surface area contributed by atoms with Crippen molar-refractivity contribution >= 4 is 11.8 Å². The maximum absolute atomic E-state index is 13.0. The number of pyridine rings is 1. The number of likely N-dealkylation sites (tertiary alicyclic amines) is 2. The molecule has 206 valence electrons. The normalized spacial score (nSPS) is 16.8. The molecule has 8 heteroatoms. The Kier molecular flexibility index (Phi) is 8.72. The molecule has 0 bridgehead atoms. The van der Waals surface area contributed by atoms with Crippen LogP contribution >= 0.6 is 0 Å². The summed E-state index contributed by atoms with van der Waals surface area (Å²) in [7, 11) is 0. The molecule has 2 saturated heterocycles. The number of ether oxygens (including phenoxy) is 1. The summed E-state index contributed by atoms with van der Waals surface area (Å²) in [5.41, 5.74) is 3.86. The molecule has 0 spiro atoms. The first kappa shape index (κ1) is 27.4. The van der Waals surface area contributed by atoms with E-state index in [0.717, 1.165) is 51.1 Å². The van der Waals surface area contributed by atoms with Gasteiger partial charge in [-0.25, -0.2) is 0 Å². The minimum absolute atomic E-state index is 0.0668. The standard InChI is InChI=1S/C32H35N5O3/c1-23-2-9-28(10-3-23)40-29-14-18-37(19-15-29)32(39)26-8-11-30(34-21-26)31(38)35-27-12-16-36(17-13-27)22-25-6-4-24(20-33)5-7-25/h2-11,21,27,29H,12-19,22H2,1H3,(H,35,38). The molecular formula is C32H35N5O3. The van der Waals surface area contributed by atoms with Gasteiger partial charge in [-0.15, -0.1) is 0 Å². The van der Waals surface area contributed by atoms with Gasteiger partial charge in [-0.3, -0.25) is 19.5 Å². The molecule has 0 aliphatic carbocycles. The molecular weight excluding hydrogens is 502 g/mol. The van der Waals surface area contributed by atoms with Crippen molar-refractivity contribution in [2.45, 2.75) is 51.3 Å². The molecule has 2 amide bonds. The van der Waals surface area contributed by atoms with E-state index >= 15 is 0 Å². The molecule has 2 aliphatic rings. The number of aromatic nitrogens is 1. The lowest BCUT2D eigenvalue weighted by Gasteiger charge is -2.32. The first-order valence-electron chi connectivity index (χ1n) is 14.0. The van der Waals surface area contributed by atoms with E-state index in [0.29, 0.717) is 29.9 Å². The Balaban J connectivity index is 1.05. The van der Waals surface area contributed by atoms with Gasteiger partial charge in [0, 0.05) is 57.8 Å². The largest absolute Gasteiger partial charge is 0.490 e. The number of hydrogen-bond acceptors (Lipinski definition) is 6. The van der Waals surface area contributed by atoms with Crippen LogP contribution in [-0.2, 0) is 6.54 Å². The number of nitrogens with one attached hydrogen (secondary N) is 1. The average molecular weight is 538 g/mol. The number of hydrogen-bond donors (Lipinski definition) is 1. The van der Waals surface area contributed by atoms with Crippen LogP contribution in [0.3, 0.4) is 0 Å². The third-order valence-corrected chi connectivity index (χ3v) is 7.71. The van der Waals surface area contributed by atoms with Crippen LogP contribution in [0.15, 0.2) is 66.9 Å². The molecule has 1 N–H and O–H groups in total. The number of rotatable bonds is 7. The van der Waals surface area contributed by atoms with Crippen LogP contribution in [0, 0.1) is 18.3 Å². The lowest BCUT2D eigenvalue weighted by Crippen LogP contribution is -2.44. The third kappa shape index (κ3) is 7.04. The molecule has 2 aromatic carbocycles. The molecule has 40 heavy (non-hydrogen) atoms. The van der Waals surface area contributed by atoms with E-state index in [2.05, 4.69) is 21.3 Å². The van der Waals surface area contributed by atoms with E-state index in [1.165, 1.54) is 17.3 Å². The number of nitrogens with zero attached hydrogens (tertiary/aromatic N) is 4. The Hall–Kier alpha value is -4.22. The molecule has 3 aromatic rings. The Morgan fingerprint density at radius 2 is 1.65 bits per heavy atom. The Bertz CT molecular complexity index is 1330. The SMILES string of the molecule is Cc1ccc(OC2CCN(C(=O)c3ccc(C(=O)NC4CCN(Cc5ccc(C#N)cc5)CC4)nc3)CC2)cc1. The Morgan fingerprint density at radius 3 is 2.27 bits per heavy atom. The van der Waals surface area contributed by atoms with Crippen LogP contribution < -0.4 is 10.1 Å². The number of nitriles is 1. The van der Waals surface area contributed by atoms with Crippen molar-refractivity contribution in [2.24, 2.45) is 0 Å². The molecule has 0 radical (unpaired) electrons. The Morgan fingerprint density at radius 1 is 0.950 bits per heavy atom. The zero-order chi connectivity index (χ0) is 27.9. The van der Waals surface area contributed by atoms with Crippen molar-refractivity contribution < 1.29 is 14.3 Å². The topological polar surface area (TPSA) is 98.6 Å². The van der Waals surface area contributed by atoms with Gasteiger partial charge in [-0.2, -0.15) is 5.26 Å². The fourth-order valence-corrected chi connectivity index (χ4v) is 5.26. The number of amides is 2. The molecule has 1 aromatic heterocycles. The van der Waals surface area contributed by atoms with Gasteiger partial charge in [-0.05, 0) is 61.7 Å². The molecule has 0 atom stereocenters. The van der Waals surface area contributed by atoms with E-state index in [9.17, 15) is 9.59 Å². The van der Waals surface area contributed by atoms with Gasteiger partial charge in [0.2, 0.25) is 0 Å². The summed E-state index contributed by atoms with van der Waals surface area (Å²) in [5.74, 6) is 0.587. The van der Waals surface area contributed by atoms with Crippen LogP contribution in [-0.4, -0.2) is 64.9 Å². The van der Waals surface area contributed by atoms with E-state index in [1.807, 2.05) is 60.4 Å². The first-order valence-corrected chi connectivity index (χ1v) is 14.0. The van der Waals surface area contributed by atoms with Crippen molar-refractivity contribution in [2.75, 3.05) is 26.2 Å². The molecule has 5 rings (SSSR count). The van der Waals surface area contributed by atoms with Gasteiger partial charge in [0.05, 0.1) is 17.2 Å². The molecule has 0 saturated carbocycles. The fourth-order valence-electron chi connectivity index (χ4n) is 5.26. The lowest BCUT2D eigenvalue weighted by molar-refractivity contribution is 0.0594. The fraction of sp³-hybridized carbons (Fsp3) is 0.375. The van der Waals surface area contributed by atoms with Gasteiger partial charge in [0.25, 0.3) is 11.8 Å². The predicted octanol–water partition coefficient (Wildman–Crippen LogP) is 4.34. The number of benzene rings is 2. The number of carbonyl (C=O) groups is 2. The monoisotopic (exact) mass is 537 g/mol. The van der Waals surface area contributed by atoms with Crippen LogP contribution in [0.1, 0.15) is 63.2 Å². The number of carbonyl (C=O) groups excluding carboxylic acids is 2. The second-order valence-corrected chi connectivity index (χ2v) is 10.7. The van der Waals surface area contributed by atoms with Crippen molar-refractivity contribution in [1.29, 1.82) is 5.26 Å². The van der Waals surface area contributed by atoms with Crippen LogP contribution in [0.5, 0.6) is 5.75 Å². The van der Waals surface area contributed by atoms with Gasteiger partial charge >= 0.3 is 0 Å². The minimum atomic E-state index is -0.210. The predicted molar refractivity (Wildman–Crippen MR) is 152 cm³/mol. The average Bonchev–Trinajstić information content (AvgIpc) is 3.00. The van der Waals surface area contributed by atoms with Gasteiger partial charge in [0.1, 0.15) is 17.5 Å². The van der Waals surface area contributed by atoms with Crippen LogP contribution in [0.2, 0.25) is 0 Å². The van der Waals surface area contributed by atoms with E-state index in [-0.39, 0.29) is 24.0 Å². The maximum atomic E-state index is 13.0. The highest BCUT2D eigenvalue weighted by Gasteiger charge is 2.26. The van der Waals surface area contributed by atoms with Crippen LogP contribution in [0.25, 0.3) is 0 Å². The molecule has 0 unspecified atom stereocenters. The molecule has 2 aliphatic heterocycles. The summed E-state index contributed by atoms with van der Waals surface area (Å²) < 4.78 is 6.08. The summed E-state index contributed by atoms with van der Waals surface area (Å²) in [6.07, 6.45) is 4.88. The molecule has 8 nitrogen and oxygen atoms in total. The highest BCUT2D eigenvalue weighted by molar-refractivity contribution is 5.96. The smallest absolute Gasteiger partial charge is 0.270 e. The van der Waals surface area contributed by atoms with Crippen LogP contribution in [0.4, 0.5) is 0 Å². The third-order valence-electron chi connectivity index (χ3n) is 7.71. The maximum Gasteiger partial charge on any atom is 0.270 e. The summed E-state index contributed by atoms with van der Waals surface area (Å²) in [5, 5.41) is 12.1. The summed E-state index contributed by atoms with van der Waals surface area (Å²) in [6, 6.07) is 21.3. The van der Waals surface area contributed by atoms with Gasteiger partial charge in [-0.1, -0.05) is 29.8 Å². The molecule has 2 fully saturated rings. The zero-order valence-electron chi connectivity index (χ0n) is 22.9. The van der Waals surface area contributed by atoms with E-state index < -0.39 is 0 Å². The van der Waals surface area contributed by atoms with Crippen molar-refractivity contribution in [1.82, 2.24) is 20.1 Å². The quantitative estimate of drug-likeness (QED) is 0.482. The Labute approximate surface area is 235 Å². The highest BCUT2D eigenvalue weighted by Crippen LogP contribution is 2.21. The zero-order valence-corrected chi connectivity index (χ0v) is 22.9. The summed E-state index contributed by atoms with van der Waals surface area (Å²) in [4.78, 5) is 34.3. The number of aryl methyl sites for hydroxylation is 1. The number of piperidine rings is 2. The van der Waals surface area contributed by atoms with Crippen molar-refractivity contribution in [3.05, 3.63) is 94.8 Å². The highest BCUT2D eigenvalue weighted by atomic mass is 16.5. The minimum Gasteiger partial charge on any atom is -0.490 e. The summed E-state index contributed by atoms with van der Waals surface area (Å²) in [6.45, 7) is 5.91. The van der Waals surface area contributed by atoms with Crippen molar-refractivity contribution in [3.63, 3.8) is 0 Å². The van der Waals surface area contributed by atoms with Crippen molar-refractivity contribution in [3.8, 4) is 11.8 Å². The van der Waals surface area contributed by atoms with Gasteiger partial charge in [0.15, 0.2) is 0 Å². The molecule has 3 heterocycles. The van der Waals surface area contributed by atoms with E-state index in [1.54, 1.807) is 12.1 Å². The lowest BCUT2D eigenvalue weighted by atomic mass is 10.0. The first-order chi connectivity index (χ1) is 19.5. The van der Waals surface area contributed by atoms with E-state index in [4.69, 9.17) is 10.00 Å². The second kappa shape index (κ2) is 12.8. The van der Waals surface area contributed by atoms with Gasteiger partial charge < -0.3 is 15.0 Å².